The lowest BCUT2D eigenvalue weighted by atomic mass is 10.3. The summed E-state index contributed by atoms with van der Waals surface area (Å²) in [5.41, 5.74) is 0. The Morgan fingerprint density at radius 2 is 1.80 bits per heavy atom. The number of likely N-dealkylation sites (N-methyl/N-ethyl adjacent to an activating group) is 1. The van der Waals surface area contributed by atoms with Gasteiger partial charge in [-0.2, -0.15) is 9.67 Å². The minimum absolute atomic E-state index is 0.752. The van der Waals surface area contributed by atoms with Crippen LogP contribution in [-0.4, -0.2) is 62.9 Å². The molecule has 1 aliphatic heterocycles. The second kappa shape index (κ2) is 5.16. The van der Waals surface area contributed by atoms with Gasteiger partial charge in [0.2, 0.25) is 5.95 Å². The summed E-state index contributed by atoms with van der Waals surface area (Å²) in [4.78, 5) is 17.8. The largest absolute Gasteiger partial charge is 0.338 e. The molecule has 0 amide bonds. The van der Waals surface area contributed by atoms with E-state index in [-0.39, 0.29) is 0 Å². The van der Waals surface area contributed by atoms with E-state index in [0.29, 0.717) is 0 Å². The zero-order valence-electron chi connectivity index (χ0n) is 12.1. The minimum atomic E-state index is 0.752. The van der Waals surface area contributed by atoms with E-state index in [1.807, 2.05) is 19.9 Å². The van der Waals surface area contributed by atoms with Crippen molar-refractivity contribution in [3.05, 3.63) is 23.9 Å². The summed E-state index contributed by atoms with van der Waals surface area (Å²) in [6.45, 7) is 7.79. The van der Waals surface area contributed by atoms with Gasteiger partial charge < -0.3 is 9.80 Å². The smallest absolute Gasteiger partial charge is 0.227 e. The number of hydrogen-bond acceptors (Lipinski definition) is 6. The molecule has 0 N–H and O–H groups in total. The lowest BCUT2D eigenvalue weighted by molar-refractivity contribution is 0.311. The summed E-state index contributed by atoms with van der Waals surface area (Å²) < 4.78 is 1.76. The van der Waals surface area contributed by atoms with Gasteiger partial charge in [0, 0.05) is 38.4 Å². The van der Waals surface area contributed by atoms with Gasteiger partial charge in [-0.3, -0.25) is 0 Å². The first-order valence-electron chi connectivity index (χ1n) is 6.80. The maximum absolute atomic E-state index is 4.62. The Labute approximate surface area is 118 Å². The van der Waals surface area contributed by atoms with Gasteiger partial charge >= 0.3 is 0 Å². The van der Waals surface area contributed by atoms with Gasteiger partial charge in [-0.05, 0) is 20.9 Å². The summed E-state index contributed by atoms with van der Waals surface area (Å²) in [5.74, 6) is 3.13. The van der Waals surface area contributed by atoms with Crippen molar-refractivity contribution in [1.29, 1.82) is 0 Å². The number of aromatic nitrogens is 5. The van der Waals surface area contributed by atoms with Crippen molar-refractivity contribution in [1.82, 2.24) is 29.6 Å². The van der Waals surface area contributed by atoms with Crippen LogP contribution in [0.3, 0.4) is 0 Å². The van der Waals surface area contributed by atoms with E-state index in [2.05, 4.69) is 36.9 Å². The fourth-order valence-corrected chi connectivity index (χ4v) is 2.35. The molecular weight excluding hydrogens is 254 g/mol. The highest BCUT2D eigenvalue weighted by Crippen LogP contribution is 2.13. The van der Waals surface area contributed by atoms with Gasteiger partial charge in [0.1, 0.15) is 11.6 Å². The first kappa shape index (κ1) is 13.0. The van der Waals surface area contributed by atoms with Crippen LogP contribution in [0.1, 0.15) is 11.6 Å². The van der Waals surface area contributed by atoms with Crippen LogP contribution >= 0.6 is 0 Å². The number of anilines is 1. The van der Waals surface area contributed by atoms with E-state index >= 15 is 0 Å². The van der Waals surface area contributed by atoms with Crippen molar-refractivity contribution in [2.24, 2.45) is 0 Å². The summed E-state index contributed by atoms with van der Waals surface area (Å²) in [7, 11) is 2.14. The Morgan fingerprint density at radius 3 is 2.45 bits per heavy atom. The average Bonchev–Trinajstić information content (AvgIpc) is 2.79. The second-order valence-electron chi connectivity index (χ2n) is 5.12. The Hall–Kier alpha value is -2.02. The lowest BCUT2D eigenvalue weighted by Gasteiger charge is -2.32. The van der Waals surface area contributed by atoms with Crippen LogP contribution in [0.15, 0.2) is 12.3 Å². The third kappa shape index (κ3) is 2.49. The molecule has 0 unspecified atom stereocenters. The number of aryl methyl sites for hydroxylation is 2. The summed E-state index contributed by atoms with van der Waals surface area (Å²) >= 11 is 0. The monoisotopic (exact) mass is 273 g/mol. The third-order valence-electron chi connectivity index (χ3n) is 3.51. The predicted molar refractivity (Wildman–Crippen MR) is 76.1 cm³/mol. The van der Waals surface area contributed by atoms with Gasteiger partial charge in [-0.25, -0.2) is 9.97 Å². The maximum Gasteiger partial charge on any atom is 0.227 e. The summed E-state index contributed by atoms with van der Waals surface area (Å²) in [6.07, 6.45) is 1.78. The average molecular weight is 273 g/mol. The third-order valence-corrected chi connectivity index (χ3v) is 3.51. The predicted octanol–water partition coefficient (Wildman–Crippen LogP) is 0.426. The quantitative estimate of drug-likeness (QED) is 0.790. The van der Waals surface area contributed by atoms with Crippen LogP contribution in [0.25, 0.3) is 5.82 Å². The lowest BCUT2D eigenvalue weighted by Crippen LogP contribution is -2.45. The molecule has 7 nitrogen and oxygen atoms in total. The molecule has 0 bridgehead atoms. The van der Waals surface area contributed by atoms with Crippen LogP contribution in [0.2, 0.25) is 0 Å². The van der Waals surface area contributed by atoms with Gasteiger partial charge in [0.05, 0.1) is 0 Å². The summed E-state index contributed by atoms with van der Waals surface area (Å²) in [5, 5.41) is 4.37. The maximum atomic E-state index is 4.62. The first-order valence-corrected chi connectivity index (χ1v) is 6.80. The molecule has 0 atom stereocenters. The van der Waals surface area contributed by atoms with E-state index < -0.39 is 0 Å². The molecule has 1 aliphatic rings. The van der Waals surface area contributed by atoms with Gasteiger partial charge in [0.25, 0.3) is 0 Å². The highest BCUT2D eigenvalue weighted by atomic mass is 15.4. The normalized spacial score (nSPS) is 16.6. The molecule has 3 rings (SSSR count). The number of rotatable bonds is 2. The van der Waals surface area contributed by atoms with Crippen LogP contribution in [-0.2, 0) is 0 Å². The molecule has 1 fully saturated rings. The van der Waals surface area contributed by atoms with Gasteiger partial charge in [0.15, 0.2) is 5.82 Å². The van der Waals surface area contributed by atoms with Crippen molar-refractivity contribution >= 4 is 5.95 Å². The van der Waals surface area contributed by atoms with Gasteiger partial charge in [-0.1, -0.05) is 0 Å². The van der Waals surface area contributed by atoms with Crippen molar-refractivity contribution in [3.63, 3.8) is 0 Å². The molecule has 0 saturated carbocycles. The molecule has 106 valence electrons. The van der Waals surface area contributed by atoms with Crippen LogP contribution < -0.4 is 4.90 Å². The van der Waals surface area contributed by atoms with E-state index in [0.717, 1.165) is 49.6 Å². The Morgan fingerprint density at radius 1 is 1.05 bits per heavy atom. The van der Waals surface area contributed by atoms with Crippen LogP contribution in [0.5, 0.6) is 0 Å². The topological polar surface area (TPSA) is 63.0 Å². The molecular formula is C13H19N7. The number of hydrogen-bond donors (Lipinski definition) is 0. The van der Waals surface area contributed by atoms with Crippen LogP contribution in [0, 0.1) is 13.8 Å². The molecule has 20 heavy (non-hydrogen) atoms. The van der Waals surface area contributed by atoms with Crippen LogP contribution in [0.4, 0.5) is 5.95 Å². The molecule has 7 heteroatoms. The minimum Gasteiger partial charge on any atom is -0.338 e. The fraction of sp³-hybridized carbons (Fsp3) is 0.538. The standard InChI is InChI=1S/C13H19N7/c1-10-15-11(2)20(17-10)12-4-5-14-13(16-12)19-8-6-18(3)7-9-19/h4-5H,6-9H2,1-3H3. The SMILES string of the molecule is Cc1nc(C)n(-c2ccnc(N3CCN(C)CC3)n2)n1. The van der Waals surface area contributed by atoms with Crippen molar-refractivity contribution in [2.75, 3.05) is 38.1 Å². The van der Waals surface area contributed by atoms with Crippen molar-refractivity contribution in [3.8, 4) is 5.82 Å². The summed E-state index contributed by atoms with van der Waals surface area (Å²) in [6, 6.07) is 1.86. The Bertz CT molecular complexity index is 599. The van der Waals surface area contributed by atoms with E-state index in [4.69, 9.17) is 0 Å². The van der Waals surface area contributed by atoms with Crippen molar-refractivity contribution in [2.45, 2.75) is 13.8 Å². The molecule has 0 spiro atoms. The van der Waals surface area contributed by atoms with Crippen molar-refractivity contribution < 1.29 is 0 Å². The highest BCUT2D eigenvalue weighted by molar-refractivity contribution is 5.35. The molecule has 1 saturated heterocycles. The number of nitrogens with zero attached hydrogens (tertiary/aromatic N) is 7. The molecule has 3 heterocycles. The second-order valence-corrected chi connectivity index (χ2v) is 5.12. The van der Waals surface area contributed by atoms with Gasteiger partial charge in [-0.15, -0.1) is 5.10 Å². The van der Waals surface area contributed by atoms with E-state index in [9.17, 15) is 0 Å². The Kier molecular flexibility index (Phi) is 3.35. The molecule has 0 radical (unpaired) electrons. The zero-order chi connectivity index (χ0) is 14.1. The van der Waals surface area contributed by atoms with E-state index in [1.165, 1.54) is 0 Å². The first-order chi connectivity index (χ1) is 9.63. The Balaban J connectivity index is 1.88. The number of piperazine rings is 1. The molecule has 2 aromatic heterocycles. The van der Waals surface area contributed by atoms with E-state index in [1.54, 1.807) is 10.9 Å². The molecule has 0 aliphatic carbocycles. The molecule has 0 aromatic carbocycles. The fourth-order valence-electron chi connectivity index (χ4n) is 2.35. The molecule has 2 aromatic rings. The highest BCUT2D eigenvalue weighted by Gasteiger charge is 2.17. The zero-order valence-corrected chi connectivity index (χ0v) is 12.1.